The van der Waals surface area contributed by atoms with Crippen molar-refractivity contribution in [2.45, 2.75) is 132 Å². The van der Waals surface area contributed by atoms with E-state index in [2.05, 4.69) is 48.1 Å². The van der Waals surface area contributed by atoms with Crippen LogP contribution in [0.5, 0.6) is 11.5 Å². The van der Waals surface area contributed by atoms with E-state index in [1.54, 1.807) is 0 Å². The van der Waals surface area contributed by atoms with E-state index >= 15 is 0 Å². The number of benzene rings is 1. The van der Waals surface area contributed by atoms with Crippen LogP contribution in [0.2, 0.25) is 0 Å². The van der Waals surface area contributed by atoms with E-state index in [1.165, 1.54) is 56.9 Å². The van der Waals surface area contributed by atoms with Crippen LogP contribution in [0.3, 0.4) is 0 Å². The molecule has 0 fully saturated rings. The lowest BCUT2D eigenvalue weighted by Crippen LogP contribution is -2.37. The number of phenolic OH excluding ortho intramolecular Hbond substituents is 1. The molecule has 2 N–H and O–H groups in total. The van der Waals surface area contributed by atoms with Gasteiger partial charge >= 0.3 is 5.97 Å². The highest BCUT2D eigenvalue weighted by Gasteiger charge is 2.34. The summed E-state index contributed by atoms with van der Waals surface area (Å²) in [6.45, 7) is 20.9. The Bertz CT molecular complexity index is 841. The molecule has 0 aromatic heterocycles. The quantitative estimate of drug-likeness (QED) is 0.264. The molecule has 4 nitrogen and oxygen atoms in total. The first kappa shape index (κ1) is 32.1. The summed E-state index contributed by atoms with van der Waals surface area (Å²) in [6.07, 6.45) is 14.9. The third kappa shape index (κ3) is 10.6. The van der Waals surface area contributed by atoms with Crippen molar-refractivity contribution in [3.8, 4) is 11.5 Å². The molecule has 0 amide bonds. The fourth-order valence-corrected chi connectivity index (χ4v) is 5.27. The van der Waals surface area contributed by atoms with E-state index in [0.717, 1.165) is 65.5 Å². The second-order valence-electron chi connectivity index (χ2n) is 12.0. The van der Waals surface area contributed by atoms with E-state index in [1.807, 2.05) is 13.8 Å². The van der Waals surface area contributed by atoms with Gasteiger partial charge < -0.3 is 14.9 Å². The van der Waals surface area contributed by atoms with Gasteiger partial charge in [0.15, 0.2) is 0 Å². The zero-order chi connectivity index (χ0) is 27.5. The van der Waals surface area contributed by atoms with Crippen LogP contribution in [0.4, 0.5) is 0 Å². The first-order valence-electron chi connectivity index (χ1n) is 14.2. The predicted octanol–water partition coefficient (Wildman–Crippen LogP) is 9.10. The lowest BCUT2D eigenvalue weighted by atomic mass is 9.84. The topological polar surface area (TPSA) is 66.8 Å². The first-order valence-corrected chi connectivity index (χ1v) is 14.2. The number of carboxylic acid groups (broad SMARTS) is 1. The highest BCUT2D eigenvalue weighted by molar-refractivity contribution is 5.78. The van der Waals surface area contributed by atoms with Crippen molar-refractivity contribution >= 4 is 5.97 Å². The predicted molar refractivity (Wildman–Crippen MR) is 152 cm³/mol. The van der Waals surface area contributed by atoms with Gasteiger partial charge in [-0.1, -0.05) is 79.2 Å². The molecule has 0 saturated carbocycles. The van der Waals surface area contributed by atoms with Crippen LogP contribution >= 0.6 is 0 Å². The summed E-state index contributed by atoms with van der Waals surface area (Å²) in [5.41, 5.74) is 4.23. The third-order valence-electron chi connectivity index (χ3n) is 8.04. The molecule has 4 heteroatoms. The molecule has 3 atom stereocenters. The Kier molecular flexibility index (Phi) is 13.6. The Labute approximate surface area is 221 Å². The summed E-state index contributed by atoms with van der Waals surface area (Å²) >= 11 is 0. The summed E-state index contributed by atoms with van der Waals surface area (Å²) < 4.78 is 6.60. The number of carbonyl (C=O) groups is 1. The molecular weight excluding hydrogens is 448 g/mol. The molecule has 1 aliphatic rings. The molecule has 0 aliphatic carbocycles. The maximum atomic E-state index is 10.4. The molecular formula is C32H54O4. The Morgan fingerprint density at radius 3 is 1.94 bits per heavy atom. The van der Waals surface area contributed by atoms with Crippen molar-refractivity contribution in [1.29, 1.82) is 0 Å². The van der Waals surface area contributed by atoms with E-state index < -0.39 is 5.97 Å². The normalized spacial score (nSPS) is 18.5. The maximum Gasteiger partial charge on any atom is 0.327 e. The SMILES string of the molecule is C=CC(=O)O.Cc1c(C)c2c(c(C)c1O)CC[C@@](C)(CCC[C@H](C)CCC[C@H](C)CCCC(C)C)O2. The average Bonchev–Trinajstić information content (AvgIpc) is 2.81. The third-order valence-corrected chi connectivity index (χ3v) is 8.04. The molecule has 1 aromatic rings. The fraction of sp³-hybridized carbons (Fsp3) is 0.719. The van der Waals surface area contributed by atoms with Crippen molar-refractivity contribution in [2.24, 2.45) is 17.8 Å². The van der Waals surface area contributed by atoms with Gasteiger partial charge in [0, 0.05) is 11.6 Å². The van der Waals surface area contributed by atoms with E-state index in [9.17, 15) is 9.90 Å². The second-order valence-corrected chi connectivity index (χ2v) is 12.0. The number of hydrogen-bond acceptors (Lipinski definition) is 3. The number of rotatable bonds is 13. The molecule has 0 unspecified atom stereocenters. The van der Waals surface area contributed by atoms with Gasteiger partial charge in [-0.05, 0) is 87.8 Å². The average molecular weight is 503 g/mol. The second kappa shape index (κ2) is 15.3. The highest BCUT2D eigenvalue weighted by atomic mass is 16.5. The molecule has 0 spiro atoms. The van der Waals surface area contributed by atoms with Gasteiger partial charge in [-0.2, -0.15) is 0 Å². The van der Waals surface area contributed by atoms with Crippen molar-refractivity contribution in [3.05, 3.63) is 34.9 Å². The summed E-state index contributed by atoms with van der Waals surface area (Å²) in [5, 5.41) is 18.0. The molecule has 36 heavy (non-hydrogen) atoms. The summed E-state index contributed by atoms with van der Waals surface area (Å²) in [7, 11) is 0. The smallest absolute Gasteiger partial charge is 0.327 e. The molecule has 0 bridgehead atoms. The number of hydrogen-bond donors (Lipinski definition) is 2. The van der Waals surface area contributed by atoms with Crippen molar-refractivity contribution in [3.63, 3.8) is 0 Å². The van der Waals surface area contributed by atoms with Crippen LogP contribution in [-0.2, 0) is 11.2 Å². The number of fused-ring (bicyclic) bond motifs is 1. The van der Waals surface area contributed by atoms with Gasteiger partial charge in [0.2, 0.25) is 0 Å². The Morgan fingerprint density at radius 1 is 0.944 bits per heavy atom. The van der Waals surface area contributed by atoms with Crippen LogP contribution in [0.15, 0.2) is 12.7 Å². The first-order chi connectivity index (χ1) is 16.8. The summed E-state index contributed by atoms with van der Waals surface area (Å²) in [6, 6.07) is 0. The Morgan fingerprint density at radius 2 is 1.44 bits per heavy atom. The molecule has 1 heterocycles. The van der Waals surface area contributed by atoms with Crippen LogP contribution in [0.1, 0.15) is 121 Å². The Hall–Kier alpha value is -1.97. The number of aliphatic carboxylic acids is 1. The van der Waals surface area contributed by atoms with Crippen LogP contribution in [0.25, 0.3) is 0 Å². The summed E-state index contributed by atoms with van der Waals surface area (Å²) in [4.78, 5) is 9.25. The zero-order valence-electron chi connectivity index (χ0n) is 24.5. The van der Waals surface area contributed by atoms with Gasteiger partial charge in [0.1, 0.15) is 17.1 Å². The summed E-state index contributed by atoms with van der Waals surface area (Å²) in [5.74, 6) is 3.05. The molecule has 0 radical (unpaired) electrons. The highest BCUT2D eigenvalue weighted by Crippen LogP contribution is 2.44. The van der Waals surface area contributed by atoms with Gasteiger partial charge in [-0.15, -0.1) is 0 Å². The minimum atomic E-state index is -0.981. The minimum absolute atomic E-state index is 0.0712. The maximum absolute atomic E-state index is 10.4. The van der Waals surface area contributed by atoms with Crippen LogP contribution in [0, 0.1) is 38.5 Å². The van der Waals surface area contributed by atoms with Crippen LogP contribution in [-0.4, -0.2) is 21.8 Å². The van der Waals surface area contributed by atoms with Gasteiger partial charge in [0.25, 0.3) is 0 Å². The van der Waals surface area contributed by atoms with Crippen molar-refractivity contribution in [1.82, 2.24) is 0 Å². The van der Waals surface area contributed by atoms with Gasteiger partial charge in [-0.25, -0.2) is 4.79 Å². The standard InChI is InChI=1S/C29H50O2.C3H4O2/c1-20(2)12-9-13-21(3)14-10-15-22(4)16-11-18-29(8)19-17-26-25(7)27(30)23(5)24(6)28(26)31-29;1-2-3(4)5/h20-22,30H,9-19H2,1-8H3;2H,1H2,(H,4,5)/t21-,22-,29-;/m1./s1. The van der Waals surface area contributed by atoms with Gasteiger partial charge in [0.05, 0.1) is 0 Å². The molecule has 0 saturated heterocycles. The molecule has 206 valence electrons. The molecule has 2 rings (SSSR count). The largest absolute Gasteiger partial charge is 0.507 e. The monoisotopic (exact) mass is 502 g/mol. The van der Waals surface area contributed by atoms with Crippen LogP contribution < -0.4 is 4.74 Å². The number of aromatic hydroxyl groups is 1. The van der Waals surface area contributed by atoms with E-state index in [0.29, 0.717) is 5.75 Å². The van der Waals surface area contributed by atoms with Crippen molar-refractivity contribution < 1.29 is 19.7 Å². The lowest BCUT2D eigenvalue weighted by molar-refractivity contribution is -0.131. The number of ether oxygens (including phenoxy) is 1. The molecule has 1 aliphatic heterocycles. The Balaban J connectivity index is 0.00000118. The van der Waals surface area contributed by atoms with E-state index in [-0.39, 0.29) is 5.60 Å². The van der Waals surface area contributed by atoms with E-state index in [4.69, 9.17) is 9.84 Å². The number of carboxylic acids is 1. The van der Waals surface area contributed by atoms with Gasteiger partial charge in [-0.3, -0.25) is 0 Å². The lowest BCUT2D eigenvalue weighted by Gasteiger charge is -2.38. The van der Waals surface area contributed by atoms with Crippen molar-refractivity contribution in [2.75, 3.05) is 0 Å². The number of phenols is 1. The zero-order valence-corrected chi connectivity index (χ0v) is 24.5. The minimum Gasteiger partial charge on any atom is -0.507 e. The molecule has 1 aromatic carbocycles. The fourth-order valence-electron chi connectivity index (χ4n) is 5.27.